The molecule has 0 saturated carbocycles. The van der Waals surface area contributed by atoms with E-state index in [1.54, 1.807) is 0 Å². The van der Waals surface area contributed by atoms with Gasteiger partial charge in [-0.3, -0.25) is 9.59 Å². The van der Waals surface area contributed by atoms with Gasteiger partial charge in [0.2, 0.25) is 5.56 Å². The first-order valence-corrected chi connectivity index (χ1v) is 5.12. The van der Waals surface area contributed by atoms with E-state index in [1.807, 2.05) is 5.32 Å². The second-order valence-corrected chi connectivity index (χ2v) is 3.63. The number of benzene rings is 1. The highest BCUT2D eigenvalue weighted by Gasteiger charge is 2.13. The normalized spacial score (nSPS) is 10.3. The summed E-state index contributed by atoms with van der Waals surface area (Å²) in [6.45, 7) is 0. The van der Waals surface area contributed by atoms with Crippen LogP contribution in [0, 0.1) is 17.5 Å². The maximum atomic E-state index is 13.3. The summed E-state index contributed by atoms with van der Waals surface area (Å²) < 4.78 is 38.9. The summed E-state index contributed by atoms with van der Waals surface area (Å²) in [7, 11) is 0. The fourth-order valence-corrected chi connectivity index (χ4v) is 1.39. The molecule has 0 aliphatic heterocycles. The number of H-pyrrole nitrogens is 1. The highest BCUT2D eigenvalue weighted by Crippen LogP contribution is 2.18. The molecule has 0 unspecified atom stereocenters. The molecule has 0 spiro atoms. The standard InChI is InChI=1S/C12H7F3N2O2/c13-6-4-8(15)10(5-7(6)14)17-12(19)9-2-1-3-11(18)16-9/h1-5H,(H,16,18)(H,17,19). The van der Waals surface area contributed by atoms with Gasteiger partial charge in [0.15, 0.2) is 11.6 Å². The van der Waals surface area contributed by atoms with Crippen LogP contribution >= 0.6 is 0 Å². The van der Waals surface area contributed by atoms with E-state index in [2.05, 4.69) is 4.98 Å². The van der Waals surface area contributed by atoms with Crippen LogP contribution in [0.4, 0.5) is 18.9 Å². The van der Waals surface area contributed by atoms with Crippen LogP contribution < -0.4 is 10.9 Å². The van der Waals surface area contributed by atoms with Gasteiger partial charge in [-0.2, -0.15) is 0 Å². The van der Waals surface area contributed by atoms with Crippen LogP contribution in [0.5, 0.6) is 0 Å². The number of rotatable bonds is 2. The monoisotopic (exact) mass is 268 g/mol. The number of amides is 1. The van der Waals surface area contributed by atoms with Crippen LogP contribution in [0.2, 0.25) is 0 Å². The van der Waals surface area contributed by atoms with Gasteiger partial charge in [0, 0.05) is 18.2 Å². The van der Waals surface area contributed by atoms with E-state index in [1.165, 1.54) is 18.2 Å². The molecule has 4 nitrogen and oxygen atoms in total. The molecule has 98 valence electrons. The molecule has 0 fully saturated rings. The minimum absolute atomic E-state index is 0.128. The lowest BCUT2D eigenvalue weighted by Crippen LogP contribution is -2.18. The van der Waals surface area contributed by atoms with E-state index in [0.29, 0.717) is 12.1 Å². The molecule has 19 heavy (non-hydrogen) atoms. The molecule has 2 rings (SSSR count). The van der Waals surface area contributed by atoms with E-state index in [-0.39, 0.29) is 5.69 Å². The van der Waals surface area contributed by atoms with Crippen molar-refractivity contribution >= 4 is 11.6 Å². The predicted molar refractivity (Wildman–Crippen MR) is 61.3 cm³/mol. The van der Waals surface area contributed by atoms with Crippen molar-refractivity contribution in [3.8, 4) is 0 Å². The minimum Gasteiger partial charge on any atom is -0.318 e. The molecule has 0 radical (unpaired) electrons. The number of carbonyl (C=O) groups is 1. The fourth-order valence-electron chi connectivity index (χ4n) is 1.39. The van der Waals surface area contributed by atoms with Gasteiger partial charge in [-0.1, -0.05) is 6.07 Å². The third-order valence-corrected chi connectivity index (χ3v) is 2.27. The van der Waals surface area contributed by atoms with E-state index in [0.717, 1.165) is 0 Å². The van der Waals surface area contributed by atoms with Crippen molar-refractivity contribution in [2.75, 3.05) is 5.32 Å². The first kappa shape index (κ1) is 12.9. The number of hydrogen-bond donors (Lipinski definition) is 2. The third-order valence-electron chi connectivity index (χ3n) is 2.27. The van der Waals surface area contributed by atoms with Crippen LogP contribution in [0.3, 0.4) is 0 Å². The van der Waals surface area contributed by atoms with Crippen molar-refractivity contribution in [1.29, 1.82) is 0 Å². The Kier molecular flexibility index (Phi) is 3.37. The van der Waals surface area contributed by atoms with Crippen molar-refractivity contribution in [3.05, 3.63) is 63.8 Å². The Hall–Kier alpha value is -2.57. The number of aromatic amines is 1. The van der Waals surface area contributed by atoms with Gasteiger partial charge < -0.3 is 10.3 Å². The van der Waals surface area contributed by atoms with Crippen LogP contribution in [-0.2, 0) is 0 Å². The molecule has 1 aromatic carbocycles. The molecule has 2 aromatic rings. The number of halogens is 3. The average molecular weight is 268 g/mol. The Morgan fingerprint density at radius 2 is 1.74 bits per heavy atom. The summed E-state index contributed by atoms with van der Waals surface area (Å²) in [5.41, 5.74) is -1.16. The maximum Gasteiger partial charge on any atom is 0.272 e. The number of nitrogens with one attached hydrogen (secondary N) is 2. The van der Waals surface area contributed by atoms with Crippen LogP contribution in [-0.4, -0.2) is 10.9 Å². The van der Waals surface area contributed by atoms with E-state index < -0.39 is 34.6 Å². The zero-order valence-corrected chi connectivity index (χ0v) is 9.34. The molecular formula is C12H7F3N2O2. The summed E-state index contributed by atoms with van der Waals surface area (Å²) in [6.07, 6.45) is 0. The number of aromatic nitrogens is 1. The fraction of sp³-hybridized carbons (Fsp3) is 0. The van der Waals surface area contributed by atoms with Crippen LogP contribution in [0.15, 0.2) is 35.1 Å². The second-order valence-electron chi connectivity index (χ2n) is 3.63. The van der Waals surface area contributed by atoms with Gasteiger partial charge in [-0.05, 0) is 6.07 Å². The van der Waals surface area contributed by atoms with Crippen LogP contribution in [0.25, 0.3) is 0 Å². The van der Waals surface area contributed by atoms with Crippen molar-refractivity contribution in [2.45, 2.75) is 0 Å². The predicted octanol–water partition coefficient (Wildman–Crippen LogP) is 2.04. The summed E-state index contributed by atoms with van der Waals surface area (Å²) in [5, 5.41) is 2.03. The molecule has 7 heteroatoms. The molecule has 0 aliphatic rings. The van der Waals surface area contributed by atoms with Crippen molar-refractivity contribution < 1.29 is 18.0 Å². The van der Waals surface area contributed by atoms with Crippen LogP contribution in [0.1, 0.15) is 10.5 Å². The van der Waals surface area contributed by atoms with Gasteiger partial charge in [0.1, 0.15) is 11.5 Å². The average Bonchev–Trinajstić information content (AvgIpc) is 2.36. The Balaban J connectivity index is 2.29. The third kappa shape index (κ3) is 2.82. The van der Waals surface area contributed by atoms with Gasteiger partial charge >= 0.3 is 0 Å². The first-order chi connectivity index (χ1) is 8.97. The highest BCUT2D eigenvalue weighted by atomic mass is 19.2. The first-order valence-electron chi connectivity index (χ1n) is 5.12. The van der Waals surface area contributed by atoms with E-state index in [4.69, 9.17) is 0 Å². The lowest BCUT2D eigenvalue weighted by Gasteiger charge is -2.06. The smallest absolute Gasteiger partial charge is 0.272 e. The number of anilines is 1. The van der Waals surface area contributed by atoms with E-state index >= 15 is 0 Å². The quantitative estimate of drug-likeness (QED) is 0.819. The molecule has 0 saturated heterocycles. The Bertz CT molecular complexity index is 698. The molecule has 2 N–H and O–H groups in total. The molecule has 0 aliphatic carbocycles. The summed E-state index contributed by atoms with van der Waals surface area (Å²) >= 11 is 0. The largest absolute Gasteiger partial charge is 0.318 e. The lowest BCUT2D eigenvalue weighted by atomic mass is 10.2. The van der Waals surface area contributed by atoms with Gasteiger partial charge in [-0.25, -0.2) is 13.2 Å². The highest BCUT2D eigenvalue weighted by molar-refractivity contribution is 6.02. The lowest BCUT2D eigenvalue weighted by molar-refractivity contribution is 0.102. The summed E-state index contributed by atoms with van der Waals surface area (Å²) in [4.78, 5) is 24.9. The zero-order valence-electron chi connectivity index (χ0n) is 9.34. The minimum atomic E-state index is -1.36. The molecular weight excluding hydrogens is 261 g/mol. The molecule has 0 atom stereocenters. The number of pyridine rings is 1. The van der Waals surface area contributed by atoms with Gasteiger partial charge in [0.05, 0.1) is 5.69 Å². The second kappa shape index (κ2) is 4.97. The summed E-state index contributed by atoms with van der Waals surface area (Å²) in [6, 6.07) is 4.64. The Morgan fingerprint density at radius 3 is 2.42 bits per heavy atom. The number of carbonyl (C=O) groups excluding carboxylic acids is 1. The molecule has 0 bridgehead atoms. The zero-order chi connectivity index (χ0) is 14.0. The van der Waals surface area contributed by atoms with E-state index in [9.17, 15) is 22.8 Å². The van der Waals surface area contributed by atoms with Gasteiger partial charge in [-0.15, -0.1) is 0 Å². The van der Waals surface area contributed by atoms with Crippen molar-refractivity contribution in [3.63, 3.8) is 0 Å². The number of hydrogen-bond acceptors (Lipinski definition) is 2. The topological polar surface area (TPSA) is 62.0 Å². The maximum absolute atomic E-state index is 13.3. The molecule has 1 amide bonds. The Labute approximate surface area is 104 Å². The Morgan fingerprint density at radius 1 is 1.05 bits per heavy atom. The van der Waals surface area contributed by atoms with Crippen molar-refractivity contribution in [2.24, 2.45) is 0 Å². The molecule has 1 heterocycles. The van der Waals surface area contributed by atoms with Crippen molar-refractivity contribution in [1.82, 2.24) is 4.98 Å². The molecule has 1 aromatic heterocycles. The van der Waals surface area contributed by atoms with Gasteiger partial charge in [0.25, 0.3) is 5.91 Å². The SMILES string of the molecule is O=C(Nc1cc(F)c(F)cc1F)c1cccc(=O)[nH]1. The summed E-state index contributed by atoms with van der Waals surface area (Å²) in [5.74, 6) is -4.62.